The maximum Gasteiger partial charge on any atom is 0.338 e. The number of carbonyl (C=O) groups excluding carboxylic acids is 1. The lowest BCUT2D eigenvalue weighted by atomic mass is 9.82. The first-order chi connectivity index (χ1) is 12.5. The van der Waals surface area contributed by atoms with Crippen LogP contribution in [0.2, 0.25) is 0 Å². The third-order valence-electron chi connectivity index (χ3n) is 3.93. The Morgan fingerprint density at radius 3 is 2.65 bits per heavy atom. The van der Waals surface area contributed by atoms with Gasteiger partial charge < -0.3 is 24.7 Å². The molecule has 0 spiro atoms. The lowest BCUT2D eigenvalue weighted by molar-refractivity contribution is -0.139. The Morgan fingerprint density at radius 1 is 1.35 bits per heavy atom. The summed E-state index contributed by atoms with van der Waals surface area (Å²) < 4.78 is 21.7. The monoisotopic (exact) mass is 358 g/mol. The van der Waals surface area contributed by atoms with Gasteiger partial charge in [0, 0.05) is 5.56 Å². The second-order valence-electron chi connectivity index (χ2n) is 5.43. The largest absolute Gasteiger partial charge is 0.493 e. The number of para-hydroxylation sites is 1. The summed E-state index contributed by atoms with van der Waals surface area (Å²) in [6.07, 6.45) is 0. The smallest absolute Gasteiger partial charge is 0.338 e. The highest BCUT2D eigenvalue weighted by Crippen LogP contribution is 2.45. The van der Waals surface area contributed by atoms with E-state index in [9.17, 15) is 10.1 Å². The molecule has 138 valence electrons. The molecule has 1 heterocycles. The summed E-state index contributed by atoms with van der Waals surface area (Å²) in [5.74, 6) is -0.166. The Morgan fingerprint density at radius 2 is 2.08 bits per heavy atom. The molecule has 1 aromatic carbocycles. The van der Waals surface area contributed by atoms with Crippen LogP contribution in [0, 0.1) is 11.3 Å². The van der Waals surface area contributed by atoms with E-state index in [1.54, 1.807) is 32.0 Å². The number of nitrogens with two attached hydrogens (primary N) is 1. The summed E-state index contributed by atoms with van der Waals surface area (Å²) in [7, 11) is 1.52. The molecular formula is C19H22N2O5. The third-order valence-corrected chi connectivity index (χ3v) is 3.93. The van der Waals surface area contributed by atoms with Crippen molar-refractivity contribution in [2.75, 3.05) is 20.3 Å². The van der Waals surface area contributed by atoms with Crippen molar-refractivity contribution in [3.05, 3.63) is 46.6 Å². The second-order valence-corrected chi connectivity index (χ2v) is 5.43. The van der Waals surface area contributed by atoms with Crippen LogP contribution in [0.25, 0.3) is 0 Å². The van der Waals surface area contributed by atoms with Gasteiger partial charge in [-0.15, -0.1) is 0 Å². The minimum Gasteiger partial charge on any atom is -0.493 e. The number of benzene rings is 1. The molecule has 0 amide bonds. The third kappa shape index (κ3) is 3.45. The van der Waals surface area contributed by atoms with Crippen molar-refractivity contribution in [2.45, 2.75) is 26.7 Å². The first-order valence-corrected chi connectivity index (χ1v) is 8.25. The number of methoxy groups -OCH3 is 1. The number of carbonyl (C=O) groups is 1. The molecule has 0 bridgehead atoms. The number of nitriles is 1. The van der Waals surface area contributed by atoms with E-state index in [4.69, 9.17) is 24.7 Å². The summed E-state index contributed by atoms with van der Waals surface area (Å²) in [5, 5.41) is 9.64. The van der Waals surface area contributed by atoms with Crippen LogP contribution in [-0.2, 0) is 14.3 Å². The molecule has 1 aromatic rings. The summed E-state index contributed by atoms with van der Waals surface area (Å²) in [6, 6.07) is 7.32. The Bertz CT molecular complexity index is 805. The average molecular weight is 358 g/mol. The molecule has 2 rings (SSSR count). The van der Waals surface area contributed by atoms with Crippen molar-refractivity contribution in [1.82, 2.24) is 0 Å². The van der Waals surface area contributed by atoms with Crippen molar-refractivity contribution in [3.8, 4) is 17.6 Å². The molecule has 1 atom stereocenters. The van der Waals surface area contributed by atoms with Gasteiger partial charge in [-0.2, -0.15) is 5.26 Å². The summed E-state index contributed by atoms with van der Waals surface area (Å²) >= 11 is 0. The molecule has 1 aliphatic rings. The number of rotatable bonds is 6. The molecule has 0 aromatic heterocycles. The van der Waals surface area contributed by atoms with Gasteiger partial charge in [-0.05, 0) is 26.8 Å². The topological polar surface area (TPSA) is 104 Å². The van der Waals surface area contributed by atoms with Crippen molar-refractivity contribution in [2.24, 2.45) is 5.73 Å². The highest BCUT2D eigenvalue weighted by atomic mass is 16.5. The number of ether oxygens (including phenoxy) is 4. The normalized spacial score (nSPS) is 16.7. The van der Waals surface area contributed by atoms with Gasteiger partial charge in [0.05, 0.1) is 31.8 Å². The van der Waals surface area contributed by atoms with Crippen LogP contribution in [-0.4, -0.2) is 26.3 Å². The van der Waals surface area contributed by atoms with E-state index >= 15 is 0 Å². The van der Waals surface area contributed by atoms with Gasteiger partial charge in [-0.25, -0.2) is 4.79 Å². The molecule has 0 aliphatic carbocycles. The quantitative estimate of drug-likeness (QED) is 0.780. The minimum absolute atomic E-state index is 0.0479. The van der Waals surface area contributed by atoms with Gasteiger partial charge in [-0.3, -0.25) is 0 Å². The molecule has 0 saturated carbocycles. The van der Waals surface area contributed by atoms with E-state index in [0.29, 0.717) is 23.7 Å². The number of allylic oxidation sites excluding steroid dienone is 2. The summed E-state index contributed by atoms with van der Waals surface area (Å²) in [5.41, 5.74) is 6.83. The predicted molar refractivity (Wildman–Crippen MR) is 94.1 cm³/mol. The zero-order valence-corrected chi connectivity index (χ0v) is 15.3. The van der Waals surface area contributed by atoms with Crippen molar-refractivity contribution >= 4 is 5.97 Å². The lowest BCUT2D eigenvalue weighted by Crippen LogP contribution is -2.26. The van der Waals surface area contributed by atoms with E-state index in [2.05, 4.69) is 0 Å². The average Bonchev–Trinajstić information content (AvgIpc) is 2.61. The number of hydrogen-bond acceptors (Lipinski definition) is 7. The van der Waals surface area contributed by atoms with E-state index in [0.717, 1.165) is 0 Å². The molecule has 0 saturated heterocycles. The standard InChI is InChI=1S/C19H22N2O5/c1-5-24-17-12(8-7-9-14(17)23-4)16-13(10-20)18(21)26-11(3)15(16)19(22)25-6-2/h7-9,16H,5-6,21H2,1-4H3. The van der Waals surface area contributed by atoms with Crippen LogP contribution in [0.4, 0.5) is 0 Å². The van der Waals surface area contributed by atoms with Crippen LogP contribution < -0.4 is 15.2 Å². The minimum atomic E-state index is -0.774. The van der Waals surface area contributed by atoms with Gasteiger partial charge in [0.1, 0.15) is 17.4 Å². The first kappa shape index (κ1) is 19.2. The van der Waals surface area contributed by atoms with Gasteiger partial charge in [0.15, 0.2) is 11.5 Å². The van der Waals surface area contributed by atoms with Crippen molar-refractivity contribution in [1.29, 1.82) is 5.26 Å². The van der Waals surface area contributed by atoms with E-state index in [1.807, 2.05) is 13.0 Å². The lowest BCUT2D eigenvalue weighted by Gasteiger charge is -2.28. The maximum absolute atomic E-state index is 12.6. The predicted octanol–water partition coefficient (Wildman–Crippen LogP) is 2.74. The fraction of sp³-hybridized carbons (Fsp3) is 0.368. The SMILES string of the molecule is CCOC(=O)C1=C(C)OC(N)=C(C#N)C1c1cccc(OC)c1OCC. The second kappa shape index (κ2) is 8.30. The van der Waals surface area contributed by atoms with Gasteiger partial charge in [0.25, 0.3) is 0 Å². The fourth-order valence-corrected chi connectivity index (χ4v) is 2.89. The Balaban J connectivity index is 2.74. The van der Waals surface area contributed by atoms with Gasteiger partial charge in [0.2, 0.25) is 5.88 Å². The van der Waals surface area contributed by atoms with Crippen molar-refractivity contribution in [3.63, 3.8) is 0 Å². The summed E-state index contributed by atoms with van der Waals surface area (Å²) in [4.78, 5) is 12.6. The zero-order valence-electron chi connectivity index (χ0n) is 15.3. The molecular weight excluding hydrogens is 336 g/mol. The Labute approximate surface area is 152 Å². The van der Waals surface area contributed by atoms with Crippen LogP contribution in [0.1, 0.15) is 32.3 Å². The molecule has 0 fully saturated rings. The summed E-state index contributed by atoms with van der Waals surface area (Å²) in [6.45, 7) is 5.73. The van der Waals surface area contributed by atoms with Crippen LogP contribution in [0.15, 0.2) is 41.0 Å². The highest BCUT2D eigenvalue weighted by Gasteiger charge is 2.38. The molecule has 2 N–H and O–H groups in total. The van der Waals surface area contributed by atoms with Gasteiger partial charge in [-0.1, -0.05) is 12.1 Å². The molecule has 1 unspecified atom stereocenters. The maximum atomic E-state index is 12.6. The Hall–Kier alpha value is -3.14. The van der Waals surface area contributed by atoms with Gasteiger partial charge >= 0.3 is 5.97 Å². The fourth-order valence-electron chi connectivity index (χ4n) is 2.89. The Kier molecular flexibility index (Phi) is 6.12. The molecule has 7 nitrogen and oxygen atoms in total. The molecule has 1 aliphatic heterocycles. The van der Waals surface area contributed by atoms with Crippen molar-refractivity contribution < 1.29 is 23.7 Å². The molecule has 26 heavy (non-hydrogen) atoms. The van der Waals surface area contributed by atoms with Crippen LogP contribution >= 0.6 is 0 Å². The van der Waals surface area contributed by atoms with E-state index < -0.39 is 11.9 Å². The molecule has 0 radical (unpaired) electrons. The number of esters is 1. The van der Waals surface area contributed by atoms with Crippen LogP contribution in [0.3, 0.4) is 0 Å². The van der Waals surface area contributed by atoms with E-state index in [1.165, 1.54) is 7.11 Å². The first-order valence-electron chi connectivity index (χ1n) is 8.25. The molecule has 7 heteroatoms. The number of hydrogen-bond donors (Lipinski definition) is 1. The highest BCUT2D eigenvalue weighted by molar-refractivity contribution is 5.93. The van der Waals surface area contributed by atoms with Crippen LogP contribution in [0.5, 0.6) is 11.5 Å². The zero-order chi connectivity index (χ0) is 19.3. The number of nitrogens with zero attached hydrogens (tertiary/aromatic N) is 1. The van der Waals surface area contributed by atoms with E-state index in [-0.39, 0.29) is 29.4 Å².